The Kier molecular flexibility index (Phi) is 7.00. The summed E-state index contributed by atoms with van der Waals surface area (Å²) in [4.78, 5) is 21.4. The van der Waals surface area contributed by atoms with E-state index in [1.54, 1.807) is 24.3 Å². The zero-order chi connectivity index (χ0) is 28.1. The molecule has 5 rings (SSSR count). The molecule has 1 fully saturated rings. The largest absolute Gasteiger partial charge is 0.416 e. The molecule has 3 aromatic rings. The summed E-state index contributed by atoms with van der Waals surface area (Å²) < 4.78 is 81.0. The minimum atomic E-state index is -4.97. The molecule has 0 saturated carbocycles. The van der Waals surface area contributed by atoms with Crippen LogP contribution in [0.25, 0.3) is 17.0 Å². The van der Waals surface area contributed by atoms with E-state index >= 15 is 0 Å². The molecular formula is C26H23F6N5OS. The zero-order valence-corrected chi connectivity index (χ0v) is 21.7. The molecule has 1 atom stereocenters. The van der Waals surface area contributed by atoms with Crippen molar-refractivity contribution in [2.45, 2.75) is 31.4 Å². The van der Waals surface area contributed by atoms with Crippen molar-refractivity contribution in [2.75, 3.05) is 27.2 Å². The van der Waals surface area contributed by atoms with Gasteiger partial charge in [-0.15, -0.1) is 0 Å². The Labute approximate surface area is 224 Å². The number of aliphatic imine (C=N–C) groups is 1. The summed E-state index contributed by atoms with van der Waals surface area (Å²) >= 11 is 1.29. The first-order valence-electron chi connectivity index (χ1n) is 12.0. The number of alkyl halides is 6. The van der Waals surface area contributed by atoms with Crippen LogP contribution in [0.5, 0.6) is 0 Å². The summed E-state index contributed by atoms with van der Waals surface area (Å²) in [7, 11) is 3.97. The van der Waals surface area contributed by atoms with Crippen molar-refractivity contribution >= 4 is 39.8 Å². The fourth-order valence-electron chi connectivity index (χ4n) is 4.72. The molecule has 1 aromatic heterocycles. The molecule has 206 valence electrons. The van der Waals surface area contributed by atoms with Crippen LogP contribution < -0.4 is 0 Å². The molecule has 0 radical (unpaired) electrons. The maximum atomic E-state index is 13.6. The molecule has 2 aliphatic heterocycles. The Bertz CT molecular complexity index is 1490. The van der Waals surface area contributed by atoms with Crippen LogP contribution in [-0.2, 0) is 23.7 Å². The molecule has 1 saturated heterocycles. The van der Waals surface area contributed by atoms with Crippen molar-refractivity contribution in [3.05, 3.63) is 69.8 Å². The number of amides is 1. The van der Waals surface area contributed by atoms with Gasteiger partial charge < -0.3 is 9.80 Å². The van der Waals surface area contributed by atoms with E-state index in [1.807, 2.05) is 19.0 Å². The second kappa shape index (κ2) is 10.0. The summed E-state index contributed by atoms with van der Waals surface area (Å²) in [6.45, 7) is 1.50. The van der Waals surface area contributed by atoms with Gasteiger partial charge in [-0.2, -0.15) is 36.4 Å². The molecular weight excluding hydrogens is 544 g/mol. The highest BCUT2D eigenvalue weighted by atomic mass is 32.2. The first-order valence-corrected chi connectivity index (χ1v) is 12.8. The molecule has 1 unspecified atom stereocenters. The van der Waals surface area contributed by atoms with E-state index < -0.39 is 23.5 Å². The number of thioether (sulfide) groups is 1. The maximum absolute atomic E-state index is 13.6. The fourth-order valence-corrected chi connectivity index (χ4v) is 5.67. The standard InChI is InChI=1S/C26H23F6N5OS/c1-35-8-7-19(14-35)36(2)24-34-23(38)22(39-24)10-15-3-6-21-17(9-15)12-33-37(21)13-16-4-5-18(25(27,28)29)11-20(16)26(30,31)32/h3-6,9-12,19H,7-8,13-14H2,1-2H3. The summed E-state index contributed by atoms with van der Waals surface area (Å²) in [6, 6.07) is 6.96. The maximum Gasteiger partial charge on any atom is 0.416 e. The number of rotatable bonds is 4. The lowest BCUT2D eigenvalue weighted by Gasteiger charge is -2.25. The molecule has 13 heteroatoms. The van der Waals surface area contributed by atoms with Crippen molar-refractivity contribution in [1.29, 1.82) is 0 Å². The molecule has 3 heterocycles. The van der Waals surface area contributed by atoms with E-state index in [0.29, 0.717) is 32.6 Å². The van der Waals surface area contributed by atoms with Crippen LogP contribution in [0.1, 0.15) is 28.7 Å². The van der Waals surface area contributed by atoms with Gasteiger partial charge in [0.25, 0.3) is 5.91 Å². The lowest BCUT2D eigenvalue weighted by molar-refractivity contribution is -0.143. The molecule has 0 bridgehead atoms. The highest BCUT2D eigenvalue weighted by molar-refractivity contribution is 8.18. The van der Waals surface area contributed by atoms with Crippen LogP contribution >= 0.6 is 11.8 Å². The Morgan fingerprint density at radius 2 is 1.87 bits per heavy atom. The average Bonchev–Trinajstić information content (AvgIpc) is 3.56. The van der Waals surface area contributed by atoms with Crippen LogP contribution in [0, 0.1) is 0 Å². The molecule has 6 nitrogen and oxygen atoms in total. The lowest BCUT2D eigenvalue weighted by atomic mass is 10.0. The number of likely N-dealkylation sites (N-methyl/N-ethyl adjacent to an activating group) is 2. The van der Waals surface area contributed by atoms with Crippen molar-refractivity contribution in [2.24, 2.45) is 4.99 Å². The molecule has 0 N–H and O–H groups in total. The second-order valence-corrected chi connectivity index (χ2v) is 10.6. The number of aromatic nitrogens is 2. The van der Waals surface area contributed by atoms with Crippen molar-refractivity contribution in [3.63, 3.8) is 0 Å². The Hall–Kier alpha value is -3.32. The van der Waals surface area contributed by atoms with Gasteiger partial charge in [-0.05, 0) is 73.2 Å². The van der Waals surface area contributed by atoms with Gasteiger partial charge in [-0.1, -0.05) is 12.1 Å². The number of carbonyl (C=O) groups is 1. The average molecular weight is 568 g/mol. The fraction of sp³-hybridized carbons (Fsp3) is 0.346. The molecule has 39 heavy (non-hydrogen) atoms. The van der Waals surface area contributed by atoms with Gasteiger partial charge in [0.05, 0.1) is 34.3 Å². The SMILES string of the molecule is CN1CCC(N(C)C2=NC(=O)C(=Cc3ccc4c(cnn4Cc4ccc(C(F)(F)F)cc4C(F)(F)F)c3)S2)C1. The quantitative estimate of drug-likeness (QED) is 0.298. The number of fused-ring (bicyclic) bond motifs is 1. The van der Waals surface area contributed by atoms with E-state index in [-0.39, 0.29) is 30.1 Å². The van der Waals surface area contributed by atoms with Crippen molar-refractivity contribution in [1.82, 2.24) is 19.6 Å². The van der Waals surface area contributed by atoms with Crippen LogP contribution in [0.3, 0.4) is 0 Å². The Balaban J connectivity index is 1.36. The molecule has 2 aromatic carbocycles. The van der Waals surface area contributed by atoms with E-state index in [4.69, 9.17) is 0 Å². The number of carbonyl (C=O) groups excluding carboxylic acids is 1. The smallest absolute Gasteiger partial charge is 0.350 e. The monoisotopic (exact) mass is 567 g/mol. The number of hydrogen-bond donors (Lipinski definition) is 0. The summed E-state index contributed by atoms with van der Waals surface area (Å²) in [5.41, 5.74) is -1.87. The van der Waals surface area contributed by atoms with E-state index in [9.17, 15) is 31.1 Å². The molecule has 2 aliphatic rings. The van der Waals surface area contributed by atoms with E-state index in [0.717, 1.165) is 25.6 Å². The predicted octanol–water partition coefficient (Wildman–Crippen LogP) is 5.73. The first kappa shape index (κ1) is 27.3. The third-order valence-corrected chi connectivity index (χ3v) is 7.93. The van der Waals surface area contributed by atoms with E-state index in [2.05, 4.69) is 15.0 Å². The third kappa shape index (κ3) is 5.69. The number of amidine groups is 1. The molecule has 0 spiro atoms. The summed E-state index contributed by atoms with van der Waals surface area (Å²) in [5, 5.41) is 5.40. The van der Waals surface area contributed by atoms with Crippen LogP contribution in [0.2, 0.25) is 0 Å². The molecule has 1 amide bonds. The van der Waals surface area contributed by atoms with Gasteiger partial charge in [-0.25, -0.2) is 0 Å². The van der Waals surface area contributed by atoms with Crippen LogP contribution in [0.15, 0.2) is 52.5 Å². The topological polar surface area (TPSA) is 53.7 Å². The number of halogens is 6. The number of likely N-dealkylation sites (tertiary alicyclic amines) is 1. The molecule has 0 aliphatic carbocycles. The lowest BCUT2D eigenvalue weighted by Crippen LogP contribution is -2.36. The summed E-state index contributed by atoms with van der Waals surface area (Å²) in [6.07, 6.45) is -5.71. The minimum Gasteiger partial charge on any atom is -0.350 e. The van der Waals surface area contributed by atoms with Gasteiger partial charge in [0.1, 0.15) is 0 Å². The highest BCUT2D eigenvalue weighted by Gasteiger charge is 2.38. The normalized spacial score (nSPS) is 19.9. The second-order valence-electron chi connectivity index (χ2n) is 9.61. The zero-order valence-electron chi connectivity index (χ0n) is 20.8. The van der Waals surface area contributed by atoms with Crippen LogP contribution in [0.4, 0.5) is 26.3 Å². The van der Waals surface area contributed by atoms with Gasteiger partial charge in [-0.3, -0.25) is 9.48 Å². The van der Waals surface area contributed by atoms with Crippen LogP contribution in [-0.4, -0.2) is 63.9 Å². The van der Waals surface area contributed by atoms with Gasteiger partial charge in [0.2, 0.25) is 0 Å². The number of benzene rings is 2. The number of hydrogen-bond acceptors (Lipinski definition) is 5. The van der Waals surface area contributed by atoms with Gasteiger partial charge >= 0.3 is 12.4 Å². The third-order valence-electron chi connectivity index (χ3n) is 6.85. The minimum absolute atomic E-state index is 0.125. The van der Waals surface area contributed by atoms with Gasteiger partial charge in [0, 0.05) is 25.0 Å². The Morgan fingerprint density at radius 3 is 2.54 bits per heavy atom. The number of nitrogens with zero attached hydrogens (tertiary/aromatic N) is 5. The Morgan fingerprint density at radius 1 is 1.10 bits per heavy atom. The summed E-state index contributed by atoms with van der Waals surface area (Å²) in [5.74, 6) is -0.342. The van der Waals surface area contributed by atoms with Gasteiger partial charge in [0.15, 0.2) is 5.17 Å². The van der Waals surface area contributed by atoms with Crippen molar-refractivity contribution in [3.8, 4) is 0 Å². The predicted molar refractivity (Wildman–Crippen MR) is 137 cm³/mol. The van der Waals surface area contributed by atoms with E-state index in [1.165, 1.54) is 22.6 Å². The highest BCUT2D eigenvalue weighted by Crippen LogP contribution is 2.38. The first-order chi connectivity index (χ1) is 18.3. The van der Waals surface area contributed by atoms with Crippen molar-refractivity contribution < 1.29 is 31.1 Å².